The molecule has 0 radical (unpaired) electrons. The molecule has 4 nitrogen and oxygen atoms in total. The molecular weight excluding hydrogens is 423 g/mol. The van der Waals surface area contributed by atoms with Gasteiger partial charge in [0.05, 0.1) is 5.56 Å². The lowest BCUT2D eigenvalue weighted by Crippen LogP contribution is -2.14. The van der Waals surface area contributed by atoms with E-state index < -0.39 is 17.6 Å². The summed E-state index contributed by atoms with van der Waals surface area (Å²) in [6.07, 6.45) is -1.49. The Labute approximate surface area is 160 Å². The second-order valence-electron chi connectivity index (χ2n) is 5.64. The smallest absolute Gasteiger partial charge is 0.361 e. The van der Waals surface area contributed by atoms with E-state index in [0.717, 1.165) is 27.5 Å². The summed E-state index contributed by atoms with van der Waals surface area (Å²) >= 11 is 3.36. The summed E-state index contributed by atoms with van der Waals surface area (Å²) < 4.78 is 39.2. The van der Waals surface area contributed by atoms with Crippen LogP contribution in [0, 0.1) is 11.3 Å². The van der Waals surface area contributed by atoms with Crippen molar-refractivity contribution in [3.8, 4) is 6.07 Å². The summed E-state index contributed by atoms with van der Waals surface area (Å²) in [4.78, 5) is 15.4. The molecule has 0 spiro atoms. The third-order valence-electron chi connectivity index (χ3n) is 3.79. The number of H-pyrrole nitrogens is 1. The lowest BCUT2D eigenvalue weighted by Gasteiger charge is -2.09. The molecule has 27 heavy (non-hydrogen) atoms. The summed E-state index contributed by atoms with van der Waals surface area (Å²) in [5.41, 5.74) is 0.275. The minimum atomic E-state index is -4.52. The van der Waals surface area contributed by atoms with Crippen LogP contribution >= 0.6 is 15.9 Å². The molecule has 1 aromatic heterocycles. The first kappa shape index (κ1) is 18.7. The van der Waals surface area contributed by atoms with Gasteiger partial charge in [0, 0.05) is 32.8 Å². The Morgan fingerprint density at radius 2 is 2.00 bits per heavy atom. The Bertz CT molecular complexity index is 1090. The van der Waals surface area contributed by atoms with E-state index >= 15 is 0 Å². The highest BCUT2D eigenvalue weighted by Crippen LogP contribution is 2.31. The number of carbonyl (C=O) groups excluding carboxylic acids is 1. The second-order valence-corrected chi connectivity index (χ2v) is 6.55. The van der Waals surface area contributed by atoms with Crippen LogP contribution < -0.4 is 5.32 Å². The number of aromatic nitrogens is 1. The van der Waals surface area contributed by atoms with Gasteiger partial charge >= 0.3 is 6.18 Å². The molecule has 0 aliphatic heterocycles. The number of aromatic amines is 1. The third kappa shape index (κ3) is 4.20. The Hall–Kier alpha value is -3.05. The van der Waals surface area contributed by atoms with Gasteiger partial charge in [-0.1, -0.05) is 22.0 Å². The van der Waals surface area contributed by atoms with Gasteiger partial charge in [0.1, 0.15) is 11.6 Å². The summed E-state index contributed by atoms with van der Waals surface area (Å²) in [6.45, 7) is 0. The molecule has 2 aromatic carbocycles. The van der Waals surface area contributed by atoms with Crippen LogP contribution in [0.1, 0.15) is 11.1 Å². The standard InChI is InChI=1S/C19H11BrF3N3O/c20-14-4-5-17-16(8-14)12(10-25-17)6-11(9-24)18(27)26-15-3-1-2-13(7-15)19(21,22)23/h1-8,10,25H,(H,26,27)/b11-6-. The first-order valence-corrected chi connectivity index (χ1v) is 8.44. The predicted octanol–water partition coefficient (Wildman–Crippen LogP) is 5.49. The van der Waals surface area contributed by atoms with Crippen molar-refractivity contribution in [2.75, 3.05) is 5.32 Å². The largest absolute Gasteiger partial charge is 0.416 e. The molecular formula is C19H11BrF3N3O. The number of carbonyl (C=O) groups is 1. The molecule has 0 fully saturated rings. The summed E-state index contributed by atoms with van der Waals surface area (Å²) in [7, 11) is 0. The number of alkyl halides is 3. The van der Waals surface area contributed by atoms with E-state index in [4.69, 9.17) is 0 Å². The molecule has 1 heterocycles. The molecule has 2 N–H and O–H groups in total. The predicted molar refractivity (Wildman–Crippen MR) is 99.7 cm³/mol. The van der Waals surface area contributed by atoms with Gasteiger partial charge in [-0.3, -0.25) is 4.79 Å². The van der Waals surface area contributed by atoms with Crippen molar-refractivity contribution in [2.24, 2.45) is 0 Å². The van der Waals surface area contributed by atoms with Crippen LogP contribution in [0.5, 0.6) is 0 Å². The van der Waals surface area contributed by atoms with Gasteiger partial charge in [-0.2, -0.15) is 18.4 Å². The van der Waals surface area contributed by atoms with Crippen molar-refractivity contribution >= 4 is 44.5 Å². The van der Waals surface area contributed by atoms with E-state index in [0.29, 0.717) is 5.56 Å². The van der Waals surface area contributed by atoms with Crippen molar-refractivity contribution in [1.29, 1.82) is 5.26 Å². The van der Waals surface area contributed by atoms with Gasteiger partial charge < -0.3 is 10.3 Å². The van der Waals surface area contributed by atoms with Crippen LogP contribution in [-0.2, 0) is 11.0 Å². The third-order valence-corrected chi connectivity index (χ3v) is 4.28. The number of nitrogens with zero attached hydrogens (tertiary/aromatic N) is 1. The number of hydrogen-bond acceptors (Lipinski definition) is 2. The van der Waals surface area contributed by atoms with Crippen molar-refractivity contribution in [3.05, 3.63) is 69.8 Å². The molecule has 1 amide bonds. The number of nitrogens with one attached hydrogen (secondary N) is 2. The number of rotatable bonds is 3. The van der Waals surface area contributed by atoms with Crippen molar-refractivity contribution in [1.82, 2.24) is 4.98 Å². The normalized spacial score (nSPS) is 12.0. The lowest BCUT2D eigenvalue weighted by molar-refractivity contribution is -0.137. The number of fused-ring (bicyclic) bond motifs is 1. The molecule has 136 valence electrons. The SMILES string of the molecule is N#C/C(=C/c1c[nH]c2ccc(Br)cc12)C(=O)Nc1cccc(C(F)(F)F)c1. The van der Waals surface area contributed by atoms with E-state index in [-0.39, 0.29) is 11.3 Å². The quantitative estimate of drug-likeness (QED) is 0.423. The van der Waals surface area contributed by atoms with Crippen molar-refractivity contribution in [3.63, 3.8) is 0 Å². The van der Waals surface area contributed by atoms with E-state index in [2.05, 4.69) is 26.2 Å². The van der Waals surface area contributed by atoms with Gasteiger partial charge in [-0.25, -0.2) is 0 Å². The number of benzene rings is 2. The monoisotopic (exact) mass is 433 g/mol. The zero-order chi connectivity index (χ0) is 19.6. The molecule has 0 aliphatic rings. The Kier molecular flexibility index (Phi) is 5.06. The average molecular weight is 434 g/mol. The molecule has 0 atom stereocenters. The number of anilines is 1. The fourth-order valence-corrected chi connectivity index (χ4v) is 2.87. The van der Waals surface area contributed by atoms with Crippen molar-refractivity contribution in [2.45, 2.75) is 6.18 Å². The highest BCUT2D eigenvalue weighted by Gasteiger charge is 2.30. The second kappa shape index (κ2) is 7.29. The number of hydrogen-bond donors (Lipinski definition) is 2. The van der Waals surface area contributed by atoms with Crippen LogP contribution in [0.2, 0.25) is 0 Å². The van der Waals surface area contributed by atoms with Crippen LogP contribution in [0.25, 0.3) is 17.0 Å². The van der Waals surface area contributed by atoms with E-state index in [1.807, 2.05) is 18.2 Å². The van der Waals surface area contributed by atoms with Crippen molar-refractivity contribution < 1.29 is 18.0 Å². The minimum absolute atomic E-state index is 0.0438. The topological polar surface area (TPSA) is 68.7 Å². The Morgan fingerprint density at radius 3 is 2.70 bits per heavy atom. The minimum Gasteiger partial charge on any atom is -0.361 e. The van der Waals surface area contributed by atoms with Gasteiger partial charge in [0.15, 0.2) is 0 Å². The van der Waals surface area contributed by atoms with Crippen LogP contribution in [0.15, 0.2) is 58.7 Å². The Balaban J connectivity index is 1.89. The fourth-order valence-electron chi connectivity index (χ4n) is 2.51. The fraction of sp³-hybridized carbons (Fsp3) is 0.0526. The molecule has 3 rings (SSSR count). The maximum Gasteiger partial charge on any atom is 0.416 e. The molecule has 3 aromatic rings. The van der Waals surface area contributed by atoms with Gasteiger partial charge in [0.25, 0.3) is 5.91 Å². The molecule has 0 unspecified atom stereocenters. The van der Waals surface area contributed by atoms with Gasteiger partial charge in [-0.05, 0) is 42.5 Å². The van der Waals surface area contributed by atoms with E-state index in [9.17, 15) is 23.2 Å². The van der Waals surface area contributed by atoms with Gasteiger partial charge in [-0.15, -0.1) is 0 Å². The summed E-state index contributed by atoms with van der Waals surface area (Å²) in [5, 5.41) is 12.4. The lowest BCUT2D eigenvalue weighted by atomic mass is 10.1. The zero-order valence-electron chi connectivity index (χ0n) is 13.6. The molecule has 0 saturated heterocycles. The average Bonchev–Trinajstić information content (AvgIpc) is 3.01. The molecule has 0 saturated carbocycles. The zero-order valence-corrected chi connectivity index (χ0v) is 15.1. The number of halogens is 4. The number of nitriles is 1. The Morgan fingerprint density at radius 1 is 1.22 bits per heavy atom. The summed E-state index contributed by atoms with van der Waals surface area (Å²) in [5.74, 6) is -0.791. The van der Waals surface area contributed by atoms with E-state index in [1.54, 1.807) is 12.3 Å². The molecule has 0 bridgehead atoms. The molecule has 8 heteroatoms. The maximum atomic E-state index is 12.8. The highest BCUT2D eigenvalue weighted by molar-refractivity contribution is 9.10. The van der Waals surface area contributed by atoms with Crippen LogP contribution in [0.3, 0.4) is 0 Å². The van der Waals surface area contributed by atoms with Crippen LogP contribution in [0.4, 0.5) is 18.9 Å². The molecule has 0 aliphatic carbocycles. The van der Waals surface area contributed by atoms with Gasteiger partial charge in [0.2, 0.25) is 0 Å². The first-order chi connectivity index (χ1) is 12.8. The highest BCUT2D eigenvalue weighted by atomic mass is 79.9. The summed E-state index contributed by atoms with van der Waals surface area (Å²) in [6, 6.07) is 11.5. The number of amides is 1. The van der Waals surface area contributed by atoms with E-state index in [1.165, 1.54) is 18.2 Å². The van der Waals surface area contributed by atoms with Crippen LogP contribution in [-0.4, -0.2) is 10.9 Å². The maximum absolute atomic E-state index is 12.8. The first-order valence-electron chi connectivity index (χ1n) is 7.65.